The van der Waals surface area contributed by atoms with Crippen LogP contribution in [0, 0.1) is 0 Å². The van der Waals surface area contributed by atoms with Crippen molar-refractivity contribution < 1.29 is 4.42 Å². The van der Waals surface area contributed by atoms with Gasteiger partial charge in [0.25, 0.3) is 0 Å². The van der Waals surface area contributed by atoms with Crippen LogP contribution in [0.2, 0.25) is 0 Å². The molecule has 1 aliphatic heterocycles. The fourth-order valence-corrected chi connectivity index (χ4v) is 8.91. The lowest BCUT2D eigenvalue weighted by molar-refractivity contribution is 0.662. The second kappa shape index (κ2) is 11.5. The van der Waals surface area contributed by atoms with Crippen molar-refractivity contribution in [3.8, 4) is 11.1 Å². The minimum Gasteiger partial charge on any atom is -0.456 e. The van der Waals surface area contributed by atoms with Crippen LogP contribution in [0.4, 0.5) is 0 Å². The van der Waals surface area contributed by atoms with Gasteiger partial charge in [-0.25, -0.2) is 9.98 Å². The third kappa shape index (κ3) is 4.67. The Labute approximate surface area is 303 Å². The summed E-state index contributed by atoms with van der Waals surface area (Å²) < 4.78 is 9.15. The number of thiophene rings is 1. The van der Waals surface area contributed by atoms with Crippen molar-refractivity contribution in [1.29, 1.82) is 0 Å². The predicted molar refractivity (Wildman–Crippen MR) is 219 cm³/mol. The number of nitrogens with zero attached hydrogens (tertiary/aromatic N) is 2. The van der Waals surface area contributed by atoms with E-state index in [1.165, 1.54) is 36.3 Å². The summed E-state index contributed by atoms with van der Waals surface area (Å²) in [6.45, 7) is 0. The molecule has 0 bridgehead atoms. The Balaban J connectivity index is 1.15. The zero-order chi connectivity index (χ0) is 34.2. The van der Waals surface area contributed by atoms with Gasteiger partial charge >= 0.3 is 0 Å². The van der Waals surface area contributed by atoms with E-state index in [1.54, 1.807) is 0 Å². The van der Waals surface area contributed by atoms with Gasteiger partial charge in [0.1, 0.15) is 23.2 Å². The molecule has 8 aromatic carbocycles. The van der Waals surface area contributed by atoms with E-state index in [9.17, 15) is 0 Å². The van der Waals surface area contributed by atoms with Gasteiger partial charge in [0.15, 0.2) is 5.84 Å². The lowest BCUT2D eigenvalue weighted by Gasteiger charge is -2.25. The van der Waals surface area contributed by atoms with Gasteiger partial charge < -0.3 is 9.73 Å². The van der Waals surface area contributed by atoms with Crippen molar-refractivity contribution in [2.45, 2.75) is 6.17 Å². The summed E-state index contributed by atoms with van der Waals surface area (Å²) in [5.74, 6) is 1.48. The Morgan fingerprint density at radius 1 is 0.500 bits per heavy atom. The van der Waals surface area contributed by atoms with Gasteiger partial charge in [-0.2, -0.15) is 0 Å². The molecule has 4 nitrogen and oxygen atoms in total. The molecule has 5 heteroatoms. The molecule has 244 valence electrons. The lowest BCUT2D eigenvalue weighted by atomic mass is 9.93. The van der Waals surface area contributed by atoms with E-state index in [0.29, 0.717) is 5.84 Å². The molecule has 0 saturated carbocycles. The molecule has 0 radical (unpaired) electrons. The monoisotopic (exact) mass is 683 g/mol. The van der Waals surface area contributed by atoms with E-state index in [-0.39, 0.29) is 0 Å². The smallest absolute Gasteiger partial charge is 0.159 e. The highest BCUT2D eigenvalue weighted by Gasteiger charge is 2.26. The minimum absolute atomic E-state index is 0.442. The zero-order valence-electron chi connectivity index (χ0n) is 27.9. The molecule has 1 unspecified atom stereocenters. The number of aliphatic imine (C=N–C) groups is 2. The average Bonchev–Trinajstić information content (AvgIpc) is 3.78. The molecule has 0 amide bonds. The molecule has 1 atom stereocenters. The Bertz CT molecular complexity index is 3120. The normalized spacial score (nSPS) is 14.7. The molecule has 3 heterocycles. The van der Waals surface area contributed by atoms with Crippen LogP contribution in [0.5, 0.6) is 0 Å². The van der Waals surface area contributed by atoms with Gasteiger partial charge in [0.2, 0.25) is 0 Å². The zero-order valence-corrected chi connectivity index (χ0v) is 28.7. The maximum Gasteiger partial charge on any atom is 0.159 e. The molecule has 1 aliphatic rings. The van der Waals surface area contributed by atoms with Crippen LogP contribution in [0.1, 0.15) is 22.9 Å². The van der Waals surface area contributed by atoms with Crippen molar-refractivity contribution in [1.82, 2.24) is 5.32 Å². The maximum atomic E-state index is 6.60. The molecule has 0 fully saturated rings. The van der Waals surface area contributed by atoms with Crippen molar-refractivity contribution in [2.24, 2.45) is 9.98 Å². The van der Waals surface area contributed by atoms with Crippen molar-refractivity contribution in [2.75, 3.05) is 0 Å². The average molecular weight is 684 g/mol. The third-order valence-corrected chi connectivity index (χ3v) is 11.5. The molecule has 10 aromatic rings. The largest absolute Gasteiger partial charge is 0.456 e. The second-order valence-electron chi connectivity index (χ2n) is 13.4. The molecule has 11 rings (SSSR count). The Morgan fingerprint density at radius 3 is 2.15 bits per heavy atom. The number of rotatable bonds is 4. The topological polar surface area (TPSA) is 49.9 Å². The maximum absolute atomic E-state index is 6.60. The van der Waals surface area contributed by atoms with Crippen molar-refractivity contribution >= 4 is 86.7 Å². The molecule has 0 saturated heterocycles. The van der Waals surface area contributed by atoms with E-state index in [2.05, 4.69) is 157 Å². The van der Waals surface area contributed by atoms with Gasteiger partial charge in [0.05, 0.1) is 0 Å². The third-order valence-electron chi connectivity index (χ3n) is 10.3. The highest BCUT2D eigenvalue weighted by Crippen LogP contribution is 2.41. The van der Waals surface area contributed by atoms with E-state index >= 15 is 0 Å². The quantitative estimate of drug-likeness (QED) is 0.201. The summed E-state index contributed by atoms with van der Waals surface area (Å²) in [5, 5.41) is 13.2. The van der Waals surface area contributed by atoms with Crippen LogP contribution in [-0.2, 0) is 0 Å². The van der Waals surface area contributed by atoms with E-state index < -0.39 is 6.17 Å². The van der Waals surface area contributed by atoms with E-state index in [0.717, 1.165) is 61.0 Å². The molecule has 0 aliphatic carbocycles. The Morgan fingerprint density at radius 2 is 1.23 bits per heavy atom. The number of hydrogen-bond donors (Lipinski definition) is 1. The molecular formula is C47H29N3OS. The molecule has 52 heavy (non-hydrogen) atoms. The van der Waals surface area contributed by atoms with Gasteiger partial charge in [-0.05, 0) is 81.2 Å². The summed E-state index contributed by atoms with van der Waals surface area (Å²) in [6, 6.07) is 58.0. The van der Waals surface area contributed by atoms with Crippen LogP contribution in [-0.4, -0.2) is 11.7 Å². The van der Waals surface area contributed by atoms with Crippen LogP contribution in [0.25, 0.3) is 74.8 Å². The van der Waals surface area contributed by atoms with E-state index in [1.807, 2.05) is 23.5 Å². The van der Waals surface area contributed by atoms with Gasteiger partial charge in [0, 0.05) is 47.6 Å². The number of fused-ring (bicyclic) bond motifs is 8. The first-order valence-corrected chi connectivity index (χ1v) is 18.3. The Hall–Kier alpha value is -6.56. The SMILES string of the molecule is c1ccc2cc(C3=NC(c4cc(-c5cccc6ccccc56)cc5oc6ccccc6c45)NC(c4ccc5sc6ccccc6c5c4)=N3)ccc2c1. The number of para-hydroxylation sites is 1. The highest BCUT2D eigenvalue weighted by atomic mass is 32.1. The van der Waals surface area contributed by atoms with Crippen LogP contribution in [0.15, 0.2) is 178 Å². The van der Waals surface area contributed by atoms with E-state index in [4.69, 9.17) is 14.4 Å². The Kier molecular flexibility index (Phi) is 6.45. The van der Waals surface area contributed by atoms with Crippen LogP contribution >= 0.6 is 11.3 Å². The number of amidine groups is 2. The minimum atomic E-state index is -0.442. The highest BCUT2D eigenvalue weighted by molar-refractivity contribution is 7.25. The van der Waals surface area contributed by atoms with Crippen LogP contribution < -0.4 is 5.32 Å². The molecule has 0 spiro atoms. The number of furan rings is 1. The first-order valence-electron chi connectivity index (χ1n) is 17.5. The van der Waals surface area contributed by atoms with Gasteiger partial charge in [-0.1, -0.05) is 115 Å². The van der Waals surface area contributed by atoms with Gasteiger partial charge in [-0.15, -0.1) is 11.3 Å². The fourth-order valence-electron chi connectivity index (χ4n) is 7.82. The summed E-state index contributed by atoms with van der Waals surface area (Å²) in [4.78, 5) is 10.7. The molecule has 2 aromatic heterocycles. The number of nitrogens with one attached hydrogen (secondary N) is 1. The predicted octanol–water partition coefficient (Wildman–Crippen LogP) is 12.4. The summed E-state index contributed by atoms with van der Waals surface area (Å²) in [5.41, 5.74) is 6.96. The fraction of sp³-hybridized carbons (Fsp3) is 0.0213. The first kappa shape index (κ1) is 29.2. The first-order chi connectivity index (χ1) is 25.7. The summed E-state index contributed by atoms with van der Waals surface area (Å²) in [7, 11) is 0. The van der Waals surface area contributed by atoms with Crippen LogP contribution in [0.3, 0.4) is 0 Å². The number of benzene rings is 8. The summed E-state index contributed by atoms with van der Waals surface area (Å²) in [6.07, 6.45) is -0.442. The standard InChI is InChI=1S/C47H29N3OS/c1-2-12-30-24-31(21-20-28(30)10-1)45-48-46(32-22-23-43-38(25-32)36-15-6-8-19-42(36)52-43)50-47(49-45)39-26-33(35-17-9-13-29-11-3-4-14-34(29)35)27-41-44(39)37-16-5-7-18-40(37)51-41/h1-27,47H,(H,48,49,50). The summed E-state index contributed by atoms with van der Waals surface area (Å²) >= 11 is 1.82. The lowest BCUT2D eigenvalue weighted by Crippen LogP contribution is -2.33. The van der Waals surface area contributed by atoms with Crippen molar-refractivity contribution in [3.63, 3.8) is 0 Å². The number of hydrogen-bond acceptors (Lipinski definition) is 5. The molecular weight excluding hydrogens is 655 g/mol. The van der Waals surface area contributed by atoms with Crippen molar-refractivity contribution in [3.05, 3.63) is 180 Å². The van der Waals surface area contributed by atoms with Gasteiger partial charge in [-0.3, -0.25) is 0 Å². The second-order valence-corrected chi connectivity index (χ2v) is 14.5. The molecule has 1 N–H and O–H groups in total.